The molecule has 1 aromatic carbocycles. The number of ether oxygens (including phenoxy) is 1. The summed E-state index contributed by atoms with van der Waals surface area (Å²) in [4.78, 5) is 1.79. The van der Waals surface area contributed by atoms with E-state index < -0.39 is 15.8 Å². The zero-order valence-corrected chi connectivity index (χ0v) is 12.8. The van der Waals surface area contributed by atoms with E-state index in [1.165, 1.54) is 0 Å². The number of rotatable bonds is 8. The fourth-order valence-corrected chi connectivity index (χ4v) is 2.62. The molecule has 0 atom stereocenters. The first-order chi connectivity index (χ1) is 9.90. The van der Waals surface area contributed by atoms with Crippen LogP contribution in [0.3, 0.4) is 0 Å². The summed E-state index contributed by atoms with van der Waals surface area (Å²) >= 11 is 0. The van der Waals surface area contributed by atoms with Crippen molar-refractivity contribution in [3.63, 3.8) is 0 Å². The topological polar surface area (TPSA) is 82.4 Å². The number of halogens is 1. The first-order valence-corrected chi connectivity index (χ1v) is 7.76. The predicted octanol–water partition coefficient (Wildman–Crippen LogP) is 0.554. The van der Waals surface area contributed by atoms with Crippen molar-refractivity contribution in [3.8, 4) is 6.07 Å². The lowest BCUT2D eigenvalue weighted by Crippen LogP contribution is -2.34. The second-order valence-corrected chi connectivity index (χ2v) is 6.21. The third-order valence-corrected chi connectivity index (χ3v) is 4.29. The molecule has 0 bridgehead atoms. The number of hydrogen-bond donors (Lipinski definition) is 1. The van der Waals surface area contributed by atoms with Crippen LogP contribution in [0.2, 0.25) is 0 Å². The first kappa shape index (κ1) is 17.5. The average Bonchev–Trinajstić information content (AvgIpc) is 2.45. The van der Waals surface area contributed by atoms with E-state index in [1.807, 2.05) is 11.9 Å². The second-order valence-electron chi connectivity index (χ2n) is 4.45. The summed E-state index contributed by atoms with van der Waals surface area (Å²) in [5, 5.41) is 8.72. The third kappa shape index (κ3) is 5.40. The van der Waals surface area contributed by atoms with E-state index in [0.29, 0.717) is 19.7 Å². The number of hydrogen-bond acceptors (Lipinski definition) is 5. The molecule has 0 saturated carbocycles. The van der Waals surface area contributed by atoms with Gasteiger partial charge in [0.2, 0.25) is 10.0 Å². The molecule has 1 aromatic rings. The maximum Gasteiger partial charge on any atom is 0.240 e. The Morgan fingerprint density at radius 3 is 2.76 bits per heavy atom. The summed E-state index contributed by atoms with van der Waals surface area (Å²) in [5.74, 6) is -0.740. The number of methoxy groups -OCH3 is 1. The lowest BCUT2D eigenvalue weighted by atomic mass is 10.2. The number of nitrogens with one attached hydrogen (secondary N) is 1. The minimum absolute atomic E-state index is 0.125. The largest absolute Gasteiger partial charge is 0.383 e. The van der Waals surface area contributed by atoms with Crippen molar-refractivity contribution in [1.82, 2.24) is 9.62 Å². The van der Waals surface area contributed by atoms with Crippen LogP contribution < -0.4 is 4.72 Å². The smallest absolute Gasteiger partial charge is 0.240 e. The summed E-state index contributed by atoms with van der Waals surface area (Å²) in [6.07, 6.45) is 0. The van der Waals surface area contributed by atoms with E-state index >= 15 is 0 Å². The number of nitrogens with zero attached hydrogens (tertiary/aromatic N) is 2. The highest BCUT2D eigenvalue weighted by Gasteiger charge is 2.16. The van der Waals surface area contributed by atoms with Crippen molar-refractivity contribution in [2.45, 2.75) is 4.90 Å². The Morgan fingerprint density at radius 1 is 1.43 bits per heavy atom. The van der Waals surface area contributed by atoms with E-state index in [0.717, 1.165) is 18.2 Å². The Bertz CT molecular complexity index is 614. The quantitative estimate of drug-likeness (QED) is 0.758. The van der Waals surface area contributed by atoms with Gasteiger partial charge in [-0.25, -0.2) is 17.5 Å². The summed E-state index contributed by atoms with van der Waals surface area (Å²) in [7, 11) is -0.310. The summed E-state index contributed by atoms with van der Waals surface area (Å²) in [6, 6.07) is 4.74. The van der Waals surface area contributed by atoms with Crippen molar-refractivity contribution in [3.05, 3.63) is 29.6 Å². The molecule has 1 rings (SSSR count). The van der Waals surface area contributed by atoms with Gasteiger partial charge in [0.1, 0.15) is 11.9 Å². The fourth-order valence-electron chi connectivity index (χ4n) is 1.57. The molecule has 0 heterocycles. The highest BCUT2D eigenvalue weighted by molar-refractivity contribution is 7.89. The lowest BCUT2D eigenvalue weighted by Gasteiger charge is -2.16. The SMILES string of the molecule is COCCN(C)CCNS(=O)(=O)c1ccc(F)c(C#N)c1. The van der Waals surface area contributed by atoms with E-state index in [1.54, 1.807) is 13.2 Å². The van der Waals surface area contributed by atoms with Gasteiger partial charge in [0.05, 0.1) is 17.1 Å². The van der Waals surface area contributed by atoms with Gasteiger partial charge >= 0.3 is 0 Å². The Morgan fingerprint density at radius 2 is 2.14 bits per heavy atom. The van der Waals surface area contributed by atoms with Crippen LogP contribution in [0.4, 0.5) is 4.39 Å². The van der Waals surface area contributed by atoms with Gasteiger partial charge in [-0.3, -0.25) is 0 Å². The molecule has 0 radical (unpaired) electrons. The van der Waals surface area contributed by atoms with Gasteiger partial charge in [-0.2, -0.15) is 5.26 Å². The van der Waals surface area contributed by atoms with Gasteiger partial charge in [0.25, 0.3) is 0 Å². The van der Waals surface area contributed by atoms with Gasteiger partial charge in [0, 0.05) is 26.7 Å². The van der Waals surface area contributed by atoms with Crippen molar-refractivity contribution in [2.75, 3.05) is 40.4 Å². The van der Waals surface area contributed by atoms with Crippen LogP contribution in [0.1, 0.15) is 5.56 Å². The molecule has 0 aliphatic rings. The molecule has 6 nitrogen and oxygen atoms in total. The summed E-state index contributed by atoms with van der Waals surface area (Å²) in [5.41, 5.74) is -0.296. The average molecular weight is 315 g/mol. The predicted molar refractivity (Wildman–Crippen MR) is 75.7 cm³/mol. The normalized spacial score (nSPS) is 11.6. The van der Waals surface area contributed by atoms with Crippen LogP contribution in [0.15, 0.2) is 23.1 Å². The molecule has 0 aromatic heterocycles. The molecule has 21 heavy (non-hydrogen) atoms. The molecular formula is C13H18FN3O3S. The van der Waals surface area contributed by atoms with Crippen molar-refractivity contribution in [2.24, 2.45) is 0 Å². The Labute approximate surface area is 124 Å². The second kappa shape index (κ2) is 8.05. The molecule has 8 heteroatoms. The molecule has 116 valence electrons. The molecule has 0 aliphatic carbocycles. The van der Waals surface area contributed by atoms with E-state index in [4.69, 9.17) is 10.00 Å². The molecule has 0 fully saturated rings. The molecule has 0 aliphatic heterocycles. The standard InChI is InChI=1S/C13H18FN3O3S/c1-17(7-8-20-2)6-5-16-21(18,19)12-3-4-13(14)11(9-12)10-15/h3-4,9,16H,5-8H2,1-2H3. The van der Waals surface area contributed by atoms with Gasteiger partial charge in [0.15, 0.2) is 0 Å². The number of likely N-dealkylation sites (N-methyl/N-ethyl adjacent to an activating group) is 1. The Kier molecular flexibility index (Phi) is 6.71. The van der Waals surface area contributed by atoms with Gasteiger partial charge < -0.3 is 9.64 Å². The summed E-state index contributed by atoms with van der Waals surface area (Å²) in [6.45, 7) is 1.97. The van der Waals surface area contributed by atoms with Crippen LogP contribution in [-0.2, 0) is 14.8 Å². The minimum atomic E-state index is -3.75. The molecule has 1 N–H and O–H groups in total. The van der Waals surface area contributed by atoms with Crippen LogP contribution >= 0.6 is 0 Å². The van der Waals surface area contributed by atoms with Crippen molar-refractivity contribution >= 4 is 10.0 Å². The maximum absolute atomic E-state index is 13.2. The Hall–Kier alpha value is -1.53. The molecule has 0 unspecified atom stereocenters. The van der Waals surface area contributed by atoms with Crippen molar-refractivity contribution in [1.29, 1.82) is 5.26 Å². The number of benzene rings is 1. The minimum Gasteiger partial charge on any atom is -0.383 e. The Balaban J connectivity index is 2.64. The molecule has 0 amide bonds. The monoisotopic (exact) mass is 315 g/mol. The number of nitriles is 1. The first-order valence-electron chi connectivity index (χ1n) is 6.27. The van der Waals surface area contributed by atoms with Crippen LogP contribution in [0.25, 0.3) is 0 Å². The molecular weight excluding hydrogens is 297 g/mol. The van der Waals surface area contributed by atoms with E-state index in [9.17, 15) is 12.8 Å². The van der Waals surface area contributed by atoms with Gasteiger partial charge in [-0.05, 0) is 25.2 Å². The summed E-state index contributed by atoms with van der Waals surface area (Å²) < 4.78 is 44.6. The number of sulfonamides is 1. The maximum atomic E-state index is 13.2. The van der Waals surface area contributed by atoms with Crippen LogP contribution in [-0.4, -0.2) is 53.7 Å². The molecule has 0 spiro atoms. The molecule has 0 saturated heterocycles. The van der Waals surface area contributed by atoms with Crippen molar-refractivity contribution < 1.29 is 17.5 Å². The van der Waals surface area contributed by atoms with E-state index in [2.05, 4.69) is 4.72 Å². The fraction of sp³-hybridized carbons (Fsp3) is 0.462. The lowest BCUT2D eigenvalue weighted by molar-refractivity contribution is 0.162. The van der Waals surface area contributed by atoms with Gasteiger partial charge in [-0.1, -0.05) is 0 Å². The van der Waals surface area contributed by atoms with Crippen LogP contribution in [0, 0.1) is 17.1 Å². The van der Waals surface area contributed by atoms with Crippen LogP contribution in [0.5, 0.6) is 0 Å². The highest BCUT2D eigenvalue weighted by Crippen LogP contribution is 2.14. The van der Waals surface area contributed by atoms with E-state index in [-0.39, 0.29) is 17.0 Å². The highest BCUT2D eigenvalue weighted by atomic mass is 32.2. The zero-order chi connectivity index (χ0) is 15.9. The zero-order valence-electron chi connectivity index (χ0n) is 12.0. The van der Waals surface area contributed by atoms with Gasteiger partial charge in [-0.15, -0.1) is 0 Å². The third-order valence-electron chi connectivity index (χ3n) is 2.83.